The predicted molar refractivity (Wildman–Crippen MR) is 86.4 cm³/mol. The van der Waals surface area contributed by atoms with E-state index in [-0.39, 0.29) is 11.6 Å². The fourth-order valence-corrected chi connectivity index (χ4v) is 4.48. The van der Waals surface area contributed by atoms with Crippen LogP contribution in [0.25, 0.3) is 0 Å². The van der Waals surface area contributed by atoms with E-state index in [4.69, 9.17) is 14.2 Å². The van der Waals surface area contributed by atoms with Crippen molar-refractivity contribution in [1.29, 1.82) is 0 Å². The van der Waals surface area contributed by atoms with Crippen LogP contribution in [-0.2, 0) is 16.7 Å². The third-order valence-electron chi connectivity index (χ3n) is 5.55. The molecule has 0 amide bonds. The Morgan fingerprint density at radius 2 is 2.13 bits per heavy atom. The van der Waals surface area contributed by atoms with Crippen molar-refractivity contribution in [3.63, 3.8) is 0 Å². The maximum Gasteiger partial charge on any atom is 0.231 e. The van der Waals surface area contributed by atoms with E-state index in [9.17, 15) is 0 Å². The Morgan fingerprint density at radius 3 is 2.96 bits per heavy atom. The molecule has 4 heteroatoms. The van der Waals surface area contributed by atoms with E-state index in [1.807, 2.05) is 0 Å². The average molecular weight is 309 g/mol. The van der Waals surface area contributed by atoms with Crippen LogP contribution in [0.4, 0.5) is 0 Å². The fourth-order valence-electron chi connectivity index (χ4n) is 4.48. The molecule has 0 unspecified atom stereocenters. The lowest BCUT2D eigenvalue weighted by Gasteiger charge is -2.49. The lowest BCUT2D eigenvalue weighted by molar-refractivity contribution is 0.0628. The van der Waals surface area contributed by atoms with E-state index in [1.165, 1.54) is 16.7 Å². The second-order valence-electron chi connectivity index (χ2n) is 6.55. The Labute approximate surface area is 135 Å². The molecular weight excluding hydrogens is 290 g/mol. The second-order valence-corrected chi connectivity index (χ2v) is 6.55. The number of methoxy groups -OCH3 is 1. The van der Waals surface area contributed by atoms with E-state index >= 15 is 0 Å². The van der Waals surface area contributed by atoms with Gasteiger partial charge in [-0.1, -0.05) is 18.7 Å². The number of ether oxygens (including phenoxy) is 3. The molecule has 0 radical (unpaired) electrons. The van der Waals surface area contributed by atoms with Gasteiger partial charge < -0.3 is 19.1 Å². The van der Waals surface area contributed by atoms with Gasteiger partial charge in [0.2, 0.25) is 6.79 Å². The standard InChI is InChI=1S/C19H19NO3/c1-12-7-14-3-4-15(21-2)10-19(14)16-9-18-17(22-11-23-18)8-13(16)5-6-20(12)19/h3-4,7-9,15H,1,5-6,10-11H2,2H3/t15-,19-/m0/s1. The van der Waals surface area contributed by atoms with Gasteiger partial charge in [0.05, 0.1) is 11.6 Å². The quantitative estimate of drug-likeness (QED) is 0.798. The van der Waals surface area contributed by atoms with Crippen molar-refractivity contribution in [1.82, 2.24) is 4.90 Å². The van der Waals surface area contributed by atoms with Gasteiger partial charge in [0.1, 0.15) is 0 Å². The molecule has 3 heterocycles. The highest BCUT2D eigenvalue weighted by molar-refractivity contribution is 5.60. The Kier molecular flexibility index (Phi) is 2.55. The zero-order valence-electron chi connectivity index (χ0n) is 13.2. The molecular formula is C19H19NO3. The Hall–Kier alpha value is -2.20. The summed E-state index contributed by atoms with van der Waals surface area (Å²) in [5, 5.41) is 0. The van der Waals surface area contributed by atoms with Crippen LogP contribution >= 0.6 is 0 Å². The van der Waals surface area contributed by atoms with Gasteiger partial charge in [-0.15, -0.1) is 0 Å². The summed E-state index contributed by atoms with van der Waals surface area (Å²) >= 11 is 0. The molecule has 0 fully saturated rings. The van der Waals surface area contributed by atoms with Crippen LogP contribution in [-0.4, -0.2) is 31.5 Å². The SMILES string of the molecule is C=C1C=C2C=C[C@H](OC)C[C@@]23c2cc4c(cc2CCN13)OCO4. The molecule has 3 aliphatic heterocycles. The third kappa shape index (κ3) is 1.59. The zero-order chi connectivity index (χ0) is 15.6. The van der Waals surface area contributed by atoms with Crippen LogP contribution < -0.4 is 9.47 Å². The lowest BCUT2D eigenvalue weighted by atomic mass is 9.71. The zero-order valence-corrected chi connectivity index (χ0v) is 13.2. The highest BCUT2D eigenvalue weighted by atomic mass is 16.7. The van der Waals surface area contributed by atoms with Gasteiger partial charge in [0.25, 0.3) is 0 Å². The van der Waals surface area contributed by atoms with Crippen molar-refractivity contribution in [2.45, 2.75) is 24.5 Å². The molecule has 0 saturated carbocycles. The molecule has 1 aromatic rings. The lowest BCUT2D eigenvalue weighted by Crippen LogP contribution is -2.50. The van der Waals surface area contributed by atoms with Gasteiger partial charge >= 0.3 is 0 Å². The van der Waals surface area contributed by atoms with Crippen LogP contribution in [0.3, 0.4) is 0 Å². The summed E-state index contributed by atoms with van der Waals surface area (Å²) in [5.74, 6) is 1.71. The van der Waals surface area contributed by atoms with E-state index in [2.05, 4.69) is 41.8 Å². The van der Waals surface area contributed by atoms with Crippen LogP contribution in [0.5, 0.6) is 11.5 Å². The number of nitrogens with zero attached hydrogens (tertiary/aromatic N) is 1. The summed E-state index contributed by atoms with van der Waals surface area (Å²) in [4.78, 5) is 2.43. The number of fused-ring (bicyclic) bond motifs is 2. The first-order chi connectivity index (χ1) is 11.2. The highest BCUT2D eigenvalue weighted by Crippen LogP contribution is 2.55. The molecule has 5 rings (SSSR count). The molecule has 2 atom stereocenters. The van der Waals surface area contributed by atoms with E-state index < -0.39 is 0 Å². The first-order valence-electron chi connectivity index (χ1n) is 8.05. The summed E-state index contributed by atoms with van der Waals surface area (Å²) in [5.41, 5.74) is 4.86. The van der Waals surface area contributed by atoms with Crippen molar-refractivity contribution >= 4 is 0 Å². The number of hydrogen-bond acceptors (Lipinski definition) is 4. The Balaban J connectivity index is 1.75. The van der Waals surface area contributed by atoms with E-state index in [1.54, 1.807) is 7.11 Å². The fraction of sp³-hybridized carbons (Fsp3) is 0.368. The van der Waals surface area contributed by atoms with Crippen molar-refractivity contribution in [3.8, 4) is 11.5 Å². The van der Waals surface area contributed by atoms with Crippen molar-refractivity contribution in [3.05, 3.63) is 59.3 Å². The summed E-state index contributed by atoms with van der Waals surface area (Å²) in [6, 6.07) is 4.32. The molecule has 0 saturated heterocycles. The average Bonchev–Trinajstić information content (AvgIpc) is 3.13. The smallest absolute Gasteiger partial charge is 0.231 e. The number of hydrogen-bond donors (Lipinski definition) is 0. The van der Waals surface area contributed by atoms with Crippen molar-refractivity contribution < 1.29 is 14.2 Å². The largest absolute Gasteiger partial charge is 0.454 e. The molecule has 23 heavy (non-hydrogen) atoms. The van der Waals surface area contributed by atoms with E-state index in [0.717, 1.165) is 36.6 Å². The maximum absolute atomic E-state index is 5.66. The Bertz CT molecular complexity index is 779. The normalized spacial score (nSPS) is 30.0. The molecule has 0 N–H and O–H groups in total. The Morgan fingerprint density at radius 1 is 1.30 bits per heavy atom. The van der Waals surface area contributed by atoms with Crippen molar-refractivity contribution in [2.24, 2.45) is 0 Å². The van der Waals surface area contributed by atoms with Gasteiger partial charge in [-0.3, -0.25) is 0 Å². The topological polar surface area (TPSA) is 30.9 Å². The number of allylic oxidation sites excluding steroid dienone is 1. The molecule has 118 valence electrons. The minimum Gasteiger partial charge on any atom is -0.454 e. The minimum absolute atomic E-state index is 0.108. The monoisotopic (exact) mass is 309 g/mol. The molecule has 4 aliphatic rings. The van der Waals surface area contributed by atoms with Gasteiger partial charge in [0.15, 0.2) is 11.5 Å². The highest BCUT2D eigenvalue weighted by Gasteiger charge is 2.51. The van der Waals surface area contributed by atoms with Crippen molar-refractivity contribution in [2.75, 3.05) is 20.4 Å². The molecule has 1 spiro atoms. The van der Waals surface area contributed by atoms with Gasteiger partial charge in [-0.05, 0) is 41.3 Å². The molecule has 0 bridgehead atoms. The summed E-state index contributed by atoms with van der Waals surface area (Å²) in [6.45, 7) is 5.55. The molecule has 1 aromatic carbocycles. The molecule has 0 aromatic heterocycles. The first kappa shape index (κ1) is 13.3. The molecule has 4 nitrogen and oxygen atoms in total. The van der Waals surface area contributed by atoms with E-state index in [0.29, 0.717) is 6.79 Å². The number of rotatable bonds is 1. The van der Waals surface area contributed by atoms with Gasteiger partial charge in [-0.2, -0.15) is 0 Å². The third-order valence-corrected chi connectivity index (χ3v) is 5.55. The van der Waals surface area contributed by atoms with Gasteiger partial charge in [-0.25, -0.2) is 0 Å². The maximum atomic E-state index is 5.66. The summed E-state index contributed by atoms with van der Waals surface area (Å²) < 4.78 is 16.9. The predicted octanol–water partition coefficient (Wildman–Crippen LogP) is 2.90. The van der Waals surface area contributed by atoms with Crippen LogP contribution in [0.15, 0.2) is 48.2 Å². The van der Waals surface area contributed by atoms with Crippen LogP contribution in [0.1, 0.15) is 17.5 Å². The summed E-state index contributed by atoms with van der Waals surface area (Å²) in [6.07, 6.45) is 8.56. The number of benzene rings is 1. The van der Waals surface area contributed by atoms with Gasteiger partial charge in [0, 0.05) is 25.8 Å². The minimum atomic E-state index is -0.179. The van der Waals surface area contributed by atoms with Crippen LogP contribution in [0, 0.1) is 0 Å². The second kappa shape index (κ2) is 4.42. The van der Waals surface area contributed by atoms with Crippen LogP contribution in [0.2, 0.25) is 0 Å². The first-order valence-corrected chi connectivity index (χ1v) is 8.05. The summed E-state index contributed by atoms with van der Waals surface area (Å²) in [7, 11) is 1.78. The molecule has 1 aliphatic carbocycles.